The lowest BCUT2D eigenvalue weighted by Crippen LogP contribution is -2.33. The molecule has 1 saturated heterocycles. The van der Waals surface area contributed by atoms with E-state index in [9.17, 15) is 4.79 Å². The van der Waals surface area contributed by atoms with E-state index in [1.165, 1.54) is 32.4 Å². The van der Waals surface area contributed by atoms with Crippen LogP contribution in [0.1, 0.15) is 25.7 Å². The molecular weight excluding hydrogens is 266 g/mol. The van der Waals surface area contributed by atoms with Gasteiger partial charge < -0.3 is 10.1 Å². The van der Waals surface area contributed by atoms with Crippen molar-refractivity contribution in [3.63, 3.8) is 0 Å². The van der Waals surface area contributed by atoms with Gasteiger partial charge >= 0.3 is 0 Å². The summed E-state index contributed by atoms with van der Waals surface area (Å²) in [5.74, 6) is 0.501. The maximum atomic E-state index is 11.3. The number of benzene rings is 1. The Morgan fingerprint density at radius 2 is 1.95 bits per heavy atom. The molecule has 5 heteroatoms. The predicted molar refractivity (Wildman–Crippen MR) is 81.1 cm³/mol. The number of ether oxygens (including phenoxy) is 1. The number of nitriles is 1. The van der Waals surface area contributed by atoms with Crippen molar-refractivity contribution in [3.8, 4) is 11.8 Å². The molecule has 1 aromatic rings. The molecule has 0 bridgehead atoms. The third-order valence-electron chi connectivity index (χ3n) is 3.50. The van der Waals surface area contributed by atoms with Crippen LogP contribution in [0.5, 0.6) is 5.75 Å². The zero-order valence-electron chi connectivity index (χ0n) is 12.2. The van der Waals surface area contributed by atoms with Gasteiger partial charge in [-0.25, -0.2) is 0 Å². The Bertz CT molecular complexity index is 487. The standard InChI is InChI=1S/C16H21N3O2/c17-9-8-16(20)18-14-4-6-15(7-5-14)21-13-12-19-10-2-1-3-11-19/h4-7H,1-3,8,10-13H2,(H,18,20). The number of anilines is 1. The number of likely N-dealkylation sites (tertiary alicyclic amines) is 1. The molecule has 0 atom stereocenters. The molecule has 1 heterocycles. The maximum Gasteiger partial charge on any atom is 0.238 e. The van der Waals surface area contributed by atoms with E-state index in [4.69, 9.17) is 10.00 Å². The Hall–Kier alpha value is -2.06. The molecule has 1 aliphatic rings. The monoisotopic (exact) mass is 287 g/mol. The normalized spacial score (nSPS) is 15.2. The van der Waals surface area contributed by atoms with Crippen molar-refractivity contribution in [2.45, 2.75) is 25.7 Å². The Labute approximate surface area is 125 Å². The summed E-state index contributed by atoms with van der Waals surface area (Å²) in [4.78, 5) is 13.7. The van der Waals surface area contributed by atoms with Gasteiger partial charge in [0.25, 0.3) is 0 Å². The molecule has 2 rings (SSSR count). The summed E-state index contributed by atoms with van der Waals surface area (Å²) in [7, 11) is 0. The summed E-state index contributed by atoms with van der Waals surface area (Å²) >= 11 is 0. The minimum Gasteiger partial charge on any atom is -0.492 e. The summed E-state index contributed by atoms with van der Waals surface area (Å²) in [6.45, 7) is 3.99. The number of carbonyl (C=O) groups excluding carboxylic acids is 1. The van der Waals surface area contributed by atoms with E-state index in [2.05, 4.69) is 10.2 Å². The first kappa shape index (κ1) is 15.3. The van der Waals surface area contributed by atoms with Gasteiger partial charge in [0, 0.05) is 12.2 Å². The van der Waals surface area contributed by atoms with Crippen molar-refractivity contribution in [2.75, 3.05) is 31.6 Å². The summed E-state index contributed by atoms with van der Waals surface area (Å²) < 4.78 is 5.71. The fourth-order valence-electron chi connectivity index (χ4n) is 2.39. The Balaban J connectivity index is 1.72. The molecule has 0 aromatic heterocycles. The smallest absolute Gasteiger partial charge is 0.238 e. The molecule has 21 heavy (non-hydrogen) atoms. The molecule has 0 unspecified atom stereocenters. The van der Waals surface area contributed by atoms with Crippen molar-refractivity contribution in [3.05, 3.63) is 24.3 Å². The molecule has 1 N–H and O–H groups in total. The molecule has 0 aliphatic carbocycles. The Kier molecular flexibility index (Phi) is 6.04. The SMILES string of the molecule is N#CCC(=O)Nc1ccc(OCCN2CCCCC2)cc1. The van der Waals surface area contributed by atoms with E-state index in [1.807, 2.05) is 18.2 Å². The second kappa shape index (κ2) is 8.28. The second-order valence-electron chi connectivity index (χ2n) is 5.16. The van der Waals surface area contributed by atoms with Crippen molar-refractivity contribution in [1.29, 1.82) is 5.26 Å². The first-order chi connectivity index (χ1) is 10.3. The Morgan fingerprint density at radius 1 is 1.24 bits per heavy atom. The zero-order chi connectivity index (χ0) is 14.9. The number of nitrogens with zero attached hydrogens (tertiary/aromatic N) is 2. The van der Waals surface area contributed by atoms with Crippen molar-refractivity contribution in [1.82, 2.24) is 4.90 Å². The average molecular weight is 287 g/mol. The van der Waals surface area contributed by atoms with Crippen molar-refractivity contribution < 1.29 is 9.53 Å². The van der Waals surface area contributed by atoms with Crippen LogP contribution in [-0.4, -0.2) is 37.0 Å². The van der Waals surface area contributed by atoms with E-state index < -0.39 is 0 Å². The molecule has 0 saturated carbocycles. The van der Waals surface area contributed by atoms with Crippen LogP contribution in [0.3, 0.4) is 0 Å². The lowest BCUT2D eigenvalue weighted by atomic mass is 10.1. The lowest BCUT2D eigenvalue weighted by molar-refractivity contribution is -0.115. The predicted octanol–water partition coefficient (Wildman–Crippen LogP) is 2.40. The van der Waals surface area contributed by atoms with E-state index >= 15 is 0 Å². The number of hydrogen-bond acceptors (Lipinski definition) is 4. The quantitative estimate of drug-likeness (QED) is 0.872. The number of carbonyl (C=O) groups is 1. The lowest BCUT2D eigenvalue weighted by Gasteiger charge is -2.26. The summed E-state index contributed by atoms with van der Waals surface area (Å²) in [6.07, 6.45) is 3.79. The van der Waals surface area contributed by atoms with Crippen LogP contribution >= 0.6 is 0 Å². The largest absolute Gasteiger partial charge is 0.492 e. The molecule has 1 aliphatic heterocycles. The topological polar surface area (TPSA) is 65.4 Å². The van der Waals surface area contributed by atoms with Gasteiger partial charge in [-0.05, 0) is 50.2 Å². The van der Waals surface area contributed by atoms with Crippen molar-refractivity contribution >= 4 is 11.6 Å². The first-order valence-corrected chi connectivity index (χ1v) is 7.40. The fourth-order valence-corrected chi connectivity index (χ4v) is 2.39. The highest BCUT2D eigenvalue weighted by molar-refractivity contribution is 5.92. The van der Waals surface area contributed by atoms with Gasteiger partial charge in [-0.15, -0.1) is 0 Å². The molecule has 5 nitrogen and oxygen atoms in total. The zero-order valence-corrected chi connectivity index (χ0v) is 12.2. The Morgan fingerprint density at radius 3 is 2.62 bits per heavy atom. The highest BCUT2D eigenvalue weighted by Crippen LogP contribution is 2.16. The van der Waals surface area contributed by atoms with Gasteiger partial charge in [0.2, 0.25) is 5.91 Å². The van der Waals surface area contributed by atoms with Gasteiger partial charge in [-0.3, -0.25) is 9.69 Å². The van der Waals surface area contributed by atoms with E-state index in [0.29, 0.717) is 12.3 Å². The molecule has 1 fully saturated rings. The van der Waals surface area contributed by atoms with Crippen LogP contribution in [0.15, 0.2) is 24.3 Å². The molecular formula is C16H21N3O2. The fraction of sp³-hybridized carbons (Fsp3) is 0.500. The molecule has 0 radical (unpaired) electrons. The van der Waals surface area contributed by atoms with E-state index in [-0.39, 0.29) is 12.3 Å². The minimum atomic E-state index is -0.295. The van der Waals surface area contributed by atoms with Crippen LogP contribution < -0.4 is 10.1 Å². The summed E-state index contributed by atoms with van der Waals surface area (Å²) in [5, 5.41) is 11.1. The number of hydrogen-bond donors (Lipinski definition) is 1. The average Bonchev–Trinajstić information content (AvgIpc) is 2.50. The van der Waals surface area contributed by atoms with Gasteiger partial charge in [-0.1, -0.05) is 6.42 Å². The van der Waals surface area contributed by atoms with Gasteiger partial charge in [0.1, 0.15) is 18.8 Å². The van der Waals surface area contributed by atoms with Crippen LogP contribution in [-0.2, 0) is 4.79 Å². The van der Waals surface area contributed by atoms with Gasteiger partial charge in [0.15, 0.2) is 0 Å². The molecule has 1 aromatic carbocycles. The van der Waals surface area contributed by atoms with Crippen molar-refractivity contribution in [2.24, 2.45) is 0 Å². The summed E-state index contributed by atoms with van der Waals surface area (Å²) in [6, 6.07) is 9.05. The third-order valence-corrected chi connectivity index (χ3v) is 3.50. The third kappa shape index (κ3) is 5.44. The number of nitrogens with one attached hydrogen (secondary N) is 1. The minimum absolute atomic E-state index is 0.131. The number of amides is 1. The number of piperidine rings is 1. The van der Waals surface area contributed by atoms with Crippen LogP contribution in [0, 0.1) is 11.3 Å². The highest BCUT2D eigenvalue weighted by Gasteiger charge is 2.09. The second-order valence-corrected chi connectivity index (χ2v) is 5.16. The molecule has 1 amide bonds. The maximum absolute atomic E-state index is 11.3. The van der Waals surface area contributed by atoms with Gasteiger partial charge in [-0.2, -0.15) is 5.26 Å². The summed E-state index contributed by atoms with van der Waals surface area (Å²) in [5.41, 5.74) is 0.679. The number of rotatable bonds is 6. The van der Waals surface area contributed by atoms with Gasteiger partial charge in [0.05, 0.1) is 6.07 Å². The highest BCUT2D eigenvalue weighted by atomic mass is 16.5. The molecule has 0 spiro atoms. The van der Waals surface area contributed by atoms with E-state index in [0.717, 1.165) is 12.3 Å². The first-order valence-electron chi connectivity index (χ1n) is 7.40. The van der Waals surface area contributed by atoms with E-state index in [1.54, 1.807) is 12.1 Å². The van der Waals surface area contributed by atoms with Crippen LogP contribution in [0.2, 0.25) is 0 Å². The molecule has 112 valence electrons. The van der Waals surface area contributed by atoms with Crippen LogP contribution in [0.25, 0.3) is 0 Å². The van der Waals surface area contributed by atoms with Crippen LogP contribution in [0.4, 0.5) is 5.69 Å².